The molecule has 0 bridgehead atoms. The maximum atomic E-state index is 12.9. The number of amides is 1. The van der Waals surface area contributed by atoms with E-state index in [4.69, 9.17) is 5.11 Å². The number of carboxylic acids is 1. The van der Waals surface area contributed by atoms with E-state index in [0.717, 1.165) is 11.3 Å². The van der Waals surface area contributed by atoms with Gasteiger partial charge in [-0.15, -0.1) is 11.3 Å². The number of halogens is 1. The van der Waals surface area contributed by atoms with E-state index in [1.807, 2.05) is 0 Å². The summed E-state index contributed by atoms with van der Waals surface area (Å²) >= 11 is 0.977. The first kappa shape index (κ1) is 13.2. The molecule has 0 radical (unpaired) electrons. The molecule has 2 aromatic rings. The fraction of sp³-hybridized carbons (Fsp3) is 0.0769. The van der Waals surface area contributed by atoms with Crippen molar-refractivity contribution < 1.29 is 19.1 Å². The van der Waals surface area contributed by atoms with Crippen molar-refractivity contribution in [2.75, 3.05) is 5.32 Å². The molecule has 2 rings (SSSR count). The van der Waals surface area contributed by atoms with Crippen molar-refractivity contribution >= 4 is 28.2 Å². The molecule has 0 fully saturated rings. The molecule has 0 aliphatic carbocycles. The zero-order valence-electron chi connectivity index (χ0n) is 9.72. The normalized spacial score (nSPS) is 10.2. The van der Waals surface area contributed by atoms with E-state index in [2.05, 4.69) is 5.32 Å². The first-order valence-corrected chi connectivity index (χ1v) is 6.23. The van der Waals surface area contributed by atoms with Gasteiger partial charge in [0.05, 0.1) is 11.4 Å². The van der Waals surface area contributed by atoms with E-state index in [-0.39, 0.29) is 17.2 Å². The van der Waals surface area contributed by atoms with Crippen LogP contribution in [0.15, 0.2) is 36.4 Å². The Kier molecular flexibility index (Phi) is 3.91. The van der Waals surface area contributed by atoms with Crippen molar-refractivity contribution in [1.29, 1.82) is 0 Å². The van der Waals surface area contributed by atoms with E-state index < -0.39 is 11.8 Å². The van der Waals surface area contributed by atoms with Crippen LogP contribution in [0, 0.1) is 5.82 Å². The number of benzene rings is 1. The number of hydrogen-bond acceptors (Lipinski definition) is 3. The van der Waals surface area contributed by atoms with E-state index in [0.29, 0.717) is 10.6 Å². The van der Waals surface area contributed by atoms with Gasteiger partial charge in [-0.3, -0.25) is 4.79 Å². The van der Waals surface area contributed by atoms with Crippen LogP contribution in [0.5, 0.6) is 0 Å². The van der Waals surface area contributed by atoms with Crippen LogP contribution < -0.4 is 5.32 Å². The van der Waals surface area contributed by atoms with Crippen LogP contribution in [0.2, 0.25) is 0 Å². The van der Waals surface area contributed by atoms with E-state index >= 15 is 0 Å². The third-order valence-electron chi connectivity index (χ3n) is 2.33. The van der Waals surface area contributed by atoms with Crippen molar-refractivity contribution in [3.05, 3.63) is 52.7 Å². The van der Waals surface area contributed by atoms with Gasteiger partial charge in [0.2, 0.25) is 5.91 Å². The van der Waals surface area contributed by atoms with Gasteiger partial charge in [-0.05, 0) is 29.8 Å². The predicted molar refractivity (Wildman–Crippen MR) is 70.0 cm³/mol. The largest absolute Gasteiger partial charge is 0.477 e. The summed E-state index contributed by atoms with van der Waals surface area (Å²) in [5.41, 5.74) is 0.563. The van der Waals surface area contributed by atoms with Crippen LogP contribution >= 0.6 is 11.3 Å². The number of anilines is 1. The molecule has 98 valence electrons. The Morgan fingerprint density at radius 2 is 2.05 bits per heavy atom. The SMILES string of the molecule is O=C(Cc1cccc(F)c1)Nc1ccc(C(=O)O)s1. The van der Waals surface area contributed by atoms with Crippen LogP contribution in [0.25, 0.3) is 0 Å². The quantitative estimate of drug-likeness (QED) is 0.904. The summed E-state index contributed by atoms with van der Waals surface area (Å²) in [6, 6.07) is 8.73. The highest BCUT2D eigenvalue weighted by Crippen LogP contribution is 2.21. The first-order valence-electron chi connectivity index (χ1n) is 5.42. The number of carboxylic acid groups (broad SMARTS) is 1. The van der Waals surface area contributed by atoms with Crippen molar-refractivity contribution in [3.63, 3.8) is 0 Å². The minimum Gasteiger partial charge on any atom is -0.477 e. The molecule has 1 aromatic carbocycles. The molecule has 1 aromatic heterocycles. The molecule has 19 heavy (non-hydrogen) atoms. The lowest BCUT2D eigenvalue weighted by Crippen LogP contribution is -2.13. The number of hydrogen-bond donors (Lipinski definition) is 2. The van der Waals surface area contributed by atoms with Gasteiger partial charge in [0.1, 0.15) is 10.7 Å². The third kappa shape index (κ3) is 3.62. The molecular formula is C13H10FNO3S. The van der Waals surface area contributed by atoms with Crippen molar-refractivity contribution in [1.82, 2.24) is 0 Å². The maximum absolute atomic E-state index is 12.9. The van der Waals surface area contributed by atoms with Gasteiger partial charge in [-0.1, -0.05) is 12.1 Å². The smallest absolute Gasteiger partial charge is 0.345 e. The summed E-state index contributed by atoms with van der Waals surface area (Å²) < 4.78 is 12.9. The second-order valence-corrected chi connectivity index (χ2v) is 4.91. The van der Waals surface area contributed by atoms with Gasteiger partial charge in [0.25, 0.3) is 0 Å². The molecule has 0 atom stereocenters. The average molecular weight is 279 g/mol. The molecule has 1 amide bonds. The Morgan fingerprint density at radius 3 is 2.68 bits per heavy atom. The number of carbonyl (C=O) groups excluding carboxylic acids is 1. The van der Waals surface area contributed by atoms with Crippen LogP contribution in [0.4, 0.5) is 9.39 Å². The number of aromatic carboxylic acids is 1. The highest BCUT2D eigenvalue weighted by Gasteiger charge is 2.10. The molecule has 1 heterocycles. The molecule has 6 heteroatoms. The molecular weight excluding hydrogens is 269 g/mol. The summed E-state index contributed by atoms with van der Waals surface area (Å²) in [5, 5.41) is 11.8. The summed E-state index contributed by atoms with van der Waals surface area (Å²) in [4.78, 5) is 22.5. The Hall–Kier alpha value is -2.21. The standard InChI is InChI=1S/C13H10FNO3S/c14-9-3-1-2-8(6-9)7-11(16)15-12-5-4-10(19-12)13(17)18/h1-6H,7H2,(H,15,16)(H,17,18). The van der Waals surface area contributed by atoms with Crippen molar-refractivity contribution in [3.8, 4) is 0 Å². The molecule has 0 saturated heterocycles. The lowest BCUT2D eigenvalue weighted by Gasteiger charge is -2.02. The van der Waals surface area contributed by atoms with Crippen molar-refractivity contribution in [2.24, 2.45) is 0 Å². The molecule has 4 nitrogen and oxygen atoms in total. The van der Waals surface area contributed by atoms with Crippen molar-refractivity contribution in [2.45, 2.75) is 6.42 Å². The Balaban J connectivity index is 1.99. The highest BCUT2D eigenvalue weighted by atomic mass is 32.1. The summed E-state index contributed by atoms with van der Waals surface area (Å²) in [7, 11) is 0. The lowest BCUT2D eigenvalue weighted by atomic mass is 10.1. The van der Waals surface area contributed by atoms with Gasteiger partial charge in [-0.25, -0.2) is 9.18 Å². The topological polar surface area (TPSA) is 66.4 Å². The average Bonchev–Trinajstić information content (AvgIpc) is 2.77. The second-order valence-electron chi connectivity index (χ2n) is 3.82. The zero-order valence-corrected chi connectivity index (χ0v) is 10.5. The van der Waals surface area contributed by atoms with E-state index in [9.17, 15) is 14.0 Å². The number of thiophene rings is 1. The fourth-order valence-electron chi connectivity index (χ4n) is 1.53. The fourth-order valence-corrected chi connectivity index (χ4v) is 2.30. The summed E-state index contributed by atoms with van der Waals surface area (Å²) in [6.45, 7) is 0. The van der Waals surface area contributed by atoms with Crippen LogP contribution in [0.1, 0.15) is 15.2 Å². The Morgan fingerprint density at radius 1 is 1.26 bits per heavy atom. The molecule has 0 unspecified atom stereocenters. The van der Waals surface area contributed by atoms with E-state index in [1.54, 1.807) is 6.07 Å². The highest BCUT2D eigenvalue weighted by molar-refractivity contribution is 7.18. The summed E-state index contributed by atoms with van der Waals surface area (Å²) in [5.74, 6) is -1.74. The molecule has 0 aliphatic rings. The summed E-state index contributed by atoms with van der Waals surface area (Å²) in [6.07, 6.45) is 0.0397. The van der Waals surface area contributed by atoms with Gasteiger partial charge >= 0.3 is 5.97 Å². The van der Waals surface area contributed by atoms with Crippen LogP contribution in [-0.4, -0.2) is 17.0 Å². The van der Waals surface area contributed by atoms with Gasteiger partial charge < -0.3 is 10.4 Å². The second kappa shape index (κ2) is 5.62. The van der Waals surface area contributed by atoms with Gasteiger partial charge in [0.15, 0.2) is 0 Å². The van der Waals surface area contributed by atoms with Crippen LogP contribution in [0.3, 0.4) is 0 Å². The maximum Gasteiger partial charge on any atom is 0.345 e. The number of nitrogens with one attached hydrogen (secondary N) is 1. The minimum atomic E-state index is -1.03. The third-order valence-corrected chi connectivity index (χ3v) is 3.32. The Bertz CT molecular complexity index is 624. The molecule has 2 N–H and O–H groups in total. The number of rotatable bonds is 4. The molecule has 0 saturated carbocycles. The van der Waals surface area contributed by atoms with Gasteiger partial charge in [0, 0.05) is 0 Å². The number of carbonyl (C=O) groups is 2. The van der Waals surface area contributed by atoms with E-state index in [1.165, 1.54) is 30.3 Å². The van der Waals surface area contributed by atoms with Crippen LogP contribution in [-0.2, 0) is 11.2 Å². The molecule has 0 spiro atoms. The minimum absolute atomic E-state index is 0.0397. The predicted octanol–water partition coefficient (Wildman–Crippen LogP) is 2.77. The monoisotopic (exact) mass is 279 g/mol. The Labute approximate surface area is 112 Å². The first-order chi connectivity index (χ1) is 9.04. The lowest BCUT2D eigenvalue weighted by molar-refractivity contribution is -0.115. The molecule has 0 aliphatic heterocycles. The zero-order chi connectivity index (χ0) is 13.8. The van der Waals surface area contributed by atoms with Gasteiger partial charge in [-0.2, -0.15) is 0 Å².